The molecule has 28 heavy (non-hydrogen) atoms. The maximum atomic E-state index is 14.2. The molecule has 0 amide bonds. The smallest absolute Gasteiger partial charge is 0.326 e. The van der Waals surface area contributed by atoms with Gasteiger partial charge in [0.2, 0.25) is 0 Å². The average molecular weight is 415 g/mol. The number of hydrogen-bond acceptors (Lipinski definition) is 4. The highest BCUT2D eigenvalue weighted by Crippen LogP contribution is 2.50. The van der Waals surface area contributed by atoms with Crippen LogP contribution in [0.15, 0.2) is 91.0 Å². The highest BCUT2D eigenvalue weighted by atomic mass is 35.5. The maximum Gasteiger partial charge on any atom is 0.326 e. The van der Waals surface area contributed by atoms with Crippen molar-refractivity contribution >= 4 is 35.5 Å². The Morgan fingerprint density at radius 1 is 0.821 bits per heavy atom. The quantitative estimate of drug-likeness (QED) is 0.325. The second-order valence-corrected chi connectivity index (χ2v) is 8.90. The standard InChI is InChI=1S/C22H20ClO4P/c1-26-22(24)20(23)21(17-11-5-2-6-12-17)27-28(25,18-13-7-3-8-14-18)19-15-9-4-10-16-19/h2-16,20-21H,1H3/t20-,21-/m1/s1. The van der Waals surface area contributed by atoms with Crippen LogP contribution >= 0.6 is 19.0 Å². The number of carbonyl (C=O) groups excluding carboxylic acids is 1. The zero-order valence-electron chi connectivity index (χ0n) is 15.3. The Morgan fingerprint density at radius 3 is 1.68 bits per heavy atom. The van der Waals surface area contributed by atoms with E-state index in [4.69, 9.17) is 20.9 Å². The number of rotatable bonds is 7. The van der Waals surface area contributed by atoms with Gasteiger partial charge in [-0.05, 0) is 29.8 Å². The molecule has 0 aliphatic heterocycles. The summed E-state index contributed by atoms with van der Waals surface area (Å²) in [6.45, 7) is 0. The van der Waals surface area contributed by atoms with Crippen LogP contribution in [0.25, 0.3) is 0 Å². The van der Waals surface area contributed by atoms with Crippen LogP contribution in [0.1, 0.15) is 11.7 Å². The Hall–Kier alpha value is -2.39. The van der Waals surface area contributed by atoms with Gasteiger partial charge in [0.1, 0.15) is 6.10 Å². The van der Waals surface area contributed by atoms with Gasteiger partial charge < -0.3 is 9.26 Å². The van der Waals surface area contributed by atoms with Gasteiger partial charge in [-0.3, -0.25) is 9.36 Å². The molecule has 0 aromatic heterocycles. The Labute approximate surface area is 169 Å². The van der Waals surface area contributed by atoms with Crippen molar-refractivity contribution in [2.24, 2.45) is 0 Å². The van der Waals surface area contributed by atoms with E-state index in [2.05, 4.69) is 0 Å². The van der Waals surface area contributed by atoms with E-state index in [1.54, 1.807) is 60.7 Å². The minimum Gasteiger partial charge on any atom is -0.468 e. The summed E-state index contributed by atoms with van der Waals surface area (Å²) in [4.78, 5) is 12.2. The molecule has 3 aromatic rings. The van der Waals surface area contributed by atoms with Crippen molar-refractivity contribution in [1.82, 2.24) is 0 Å². The lowest BCUT2D eigenvalue weighted by molar-refractivity contribution is -0.141. The summed E-state index contributed by atoms with van der Waals surface area (Å²) in [5.74, 6) is -0.650. The molecule has 0 saturated carbocycles. The third kappa shape index (κ3) is 4.36. The summed E-state index contributed by atoms with van der Waals surface area (Å²) >= 11 is 6.39. The number of alkyl halides is 1. The van der Waals surface area contributed by atoms with Crippen LogP contribution in [0.2, 0.25) is 0 Å². The van der Waals surface area contributed by atoms with Gasteiger partial charge in [-0.15, -0.1) is 11.6 Å². The minimum absolute atomic E-state index is 0.524. The van der Waals surface area contributed by atoms with Crippen LogP contribution in [0.5, 0.6) is 0 Å². The van der Waals surface area contributed by atoms with Crippen LogP contribution in [0.3, 0.4) is 0 Å². The summed E-state index contributed by atoms with van der Waals surface area (Å²) in [5, 5.41) is -0.111. The van der Waals surface area contributed by atoms with Crippen molar-refractivity contribution in [2.75, 3.05) is 7.11 Å². The van der Waals surface area contributed by atoms with Crippen LogP contribution in [0.4, 0.5) is 0 Å². The van der Waals surface area contributed by atoms with Gasteiger partial charge in [0, 0.05) is 10.6 Å². The molecule has 3 aromatic carbocycles. The Morgan fingerprint density at radius 2 is 1.25 bits per heavy atom. The van der Waals surface area contributed by atoms with Gasteiger partial charge in [0.05, 0.1) is 7.11 Å². The molecule has 4 nitrogen and oxygen atoms in total. The molecule has 0 fully saturated rings. The van der Waals surface area contributed by atoms with E-state index in [9.17, 15) is 9.36 Å². The van der Waals surface area contributed by atoms with Gasteiger partial charge in [-0.1, -0.05) is 66.7 Å². The molecule has 0 aliphatic rings. The first-order valence-electron chi connectivity index (χ1n) is 8.73. The van der Waals surface area contributed by atoms with Crippen LogP contribution in [-0.4, -0.2) is 18.5 Å². The van der Waals surface area contributed by atoms with Crippen molar-refractivity contribution in [2.45, 2.75) is 11.5 Å². The van der Waals surface area contributed by atoms with Crippen molar-refractivity contribution in [1.29, 1.82) is 0 Å². The lowest BCUT2D eigenvalue weighted by Gasteiger charge is -2.28. The topological polar surface area (TPSA) is 52.6 Å². The first-order chi connectivity index (χ1) is 13.6. The first kappa shape index (κ1) is 20.3. The van der Waals surface area contributed by atoms with E-state index in [-0.39, 0.29) is 0 Å². The van der Waals surface area contributed by atoms with E-state index in [0.29, 0.717) is 16.2 Å². The molecule has 0 aliphatic carbocycles. The predicted octanol–water partition coefficient (Wildman–Crippen LogP) is 4.45. The molecule has 2 atom stereocenters. The zero-order chi connectivity index (χ0) is 20.0. The number of benzene rings is 3. The summed E-state index contributed by atoms with van der Waals surface area (Å²) in [6.07, 6.45) is -0.957. The molecular weight excluding hydrogens is 395 g/mol. The van der Waals surface area contributed by atoms with E-state index >= 15 is 0 Å². The first-order valence-corrected chi connectivity index (χ1v) is 10.8. The second-order valence-electron chi connectivity index (χ2n) is 6.08. The average Bonchev–Trinajstić information content (AvgIpc) is 2.78. The summed E-state index contributed by atoms with van der Waals surface area (Å²) < 4.78 is 25.2. The van der Waals surface area contributed by atoms with Crippen LogP contribution in [0, 0.1) is 0 Å². The van der Waals surface area contributed by atoms with E-state index in [1.165, 1.54) is 7.11 Å². The van der Waals surface area contributed by atoms with Gasteiger partial charge in [-0.2, -0.15) is 0 Å². The normalized spacial score (nSPS) is 13.5. The fourth-order valence-corrected chi connectivity index (χ4v) is 5.43. The summed E-state index contributed by atoms with van der Waals surface area (Å²) in [6, 6.07) is 26.9. The van der Waals surface area contributed by atoms with Crippen LogP contribution in [-0.2, 0) is 18.6 Å². The van der Waals surface area contributed by atoms with Gasteiger partial charge in [0.15, 0.2) is 5.38 Å². The van der Waals surface area contributed by atoms with Crippen LogP contribution < -0.4 is 10.6 Å². The van der Waals surface area contributed by atoms with Gasteiger partial charge >= 0.3 is 5.97 Å². The zero-order valence-corrected chi connectivity index (χ0v) is 16.9. The molecule has 0 unspecified atom stereocenters. The van der Waals surface area contributed by atoms with Crippen molar-refractivity contribution in [3.05, 3.63) is 96.6 Å². The van der Waals surface area contributed by atoms with Crippen molar-refractivity contribution in [3.63, 3.8) is 0 Å². The lowest BCUT2D eigenvalue weighted by atomic mass is 10.1. The Kier molecular flexibility index (Phi) is 6.69. The highest BCUT2D eigenvalue weighted by molar-refractivity contribution is 7.74. The third-order valence-corrected chi connectivity index (χ3v) is 7.16. The molecule has 144 valence electrons. The predicted molar refractivity (Wildman–Crippen MR) is 112 cm³/mol. The number of halogens is 1. The summed E-state index contributed by atoms with van der Waals surface area (Å²) in [7, 11) is -2.28. The van der Waals surface area contributed by atoms with Crippen molar-refractivity contribution < 1.29 is 18.6 Å². The molecule has 6 heteroatoms. The van der Waals surface area contributed by atoms with Crippen molar-refractivity contribution in [3.8, 4) is 0 Å². The maximum absolute atomic E-state index is 14.2. The fourth-order valence-electron chi connectivity index (χ4n) is 2.84. The SMILES string of the molecule is COC(=O)[C@H](Cl)[C@H](OP(=O)(c1ccccc1)c1ccccc1)c1ccccc1. The number of esters is 1. The molecule has 0 radical (unpaired) electrons. The monoisotopic (exact) mass is 414 g/mol. The Bertz CT molecular complexity index is 905. The minimum atomic E-state index is -3.54. The molecular formula is C22H20ClO4P. The highest BCUT2D eigenvalue weighted by Gasteiger charge is 2.38. The van der Waals surface area contributed by atoms with E-state index < -0.39 is 24.8 Å². The van der Waals surface area contributed by atoms with Gasteiger partial charge in [-0.25, -0.2) is 0 Å². The third-order valence-electron chi connectivity index (χ3n) is 4.27. The molecule has 0 bridgehead atoms. The number of methoxy groups -OCH3 is 1. The second kappa shape index (κ2) is 9.20. The van der Waals surface area contributed by atoms with E-state index in [0.717, 1.165) is 0 Å². The van der Waals surface area contributed by atoms with Gasteiger partial charge in [0.25, 0.3) is 7.37 Å². The molecule has 0 spiro atoms. The number of hydrogen-bond donors (Lipinski definition) is 0. The fraction of sp³-hybridized carbons (Fsp3) is 0.136. The largest absolute Gasteiger partial charge is 0.468 e. The lowest BCUT2D eigenvalue weighted by Crippen LogP contribution is -2.29. The Balaban J connectivity index is 2.11. The molecule has 0 saturated heterocycles. The summed E-state index contributed by atoms with van der Waals surface area (Å²) in [5.41, 5.74) is 0.639. The molecule has 0 heterocycles. The molecule has 3 rings (SSSR count). The molecule has 0 N–H and O–H groups in total. The van der Waals surface area contributed by atoms with E-state index in [1.807, 2.05) is 30.3 Å². The number of ether oxygens (including phenoxy) is 1. The number of carbonyl (C=O) groups is 1.